The Labute approximate surface area is 138 Å². The van der Waals surface area contributed by atoms with Gasteiger partial charge in [-0.2, -0.15) is 0 Å². The van der Waals surface area contributed by atoms with E-state index in [1.54, 1.807) is 0 Å². The van der Waals surface area contributed by atoms with Crippen molar-refractivity contribution in [2.24, 2.45) is 5.73 Å². The van der Waals surface area contributed by atoms with E-state index in [9.17, 15) is 0 Å². The van der Waals surface area contributed by atoms with Crippen LogP contribution in [0.2, 0.25) is 5.02 Å². The van der Waals surface area contributed by atoms with Crippen LogP contribution < -0.4 is 10.5 Å². The van der Waals surface area contributed by atoms with Crippen LogP contribution in [0.3, 0.4) is 0 Å². The summed E-state index contributed by atoms with van der Waals surface area (Å²) in [5.74, 6) is 1.23. The number of fused-ring (bicyclic) bond motifs is 1. The molecule has 2 nitrogen and oxygen atoms in total. The van der Waals surface area contributed by atoms with E-state index < -0.39 is 0 Å². The fourth-order valence-corrected chi connectivity index (χ4v) is 3.73. The van der Waals surface area contributed by atoms with Gasteiger partial charge in [0, 0.05) is 21.8 Å². The molecule has 0 radical (unpaired) electrons. The highest BCUT2D eigenvalue weighted by atomic mass is 79.9. The molecule has 4 heteroatoms. The molecule has 110 valence electrons. The van der Waals surface area contributed by atoms with Gasteiger partial charge in [0.25, 0.3) is 0 Å². The van der Waals surface area contributed by atoms with Gasteiger partial charge in [-0.25, -0.2) is 0 Å². The fraction of sp³-hybridized carbons (Fsp3) is 0.294. The lowest BCUT2D eigenvalue weighted by molar-refractivity contribution is 0.352. The summed E-state index contributed by atoms with van der Waals surface area (Å²) in [7, 11) is 0. The van der Waals surface area contributed by atoms with Gasteiger partial charge in [0.2, 0.25) is 0 Å². The largest absolute Gasteiger partial charge is 0.493 e. The van der Waals surface area contributed by atoms with E-state index in [0.717, 1.165) is 40.3 Å². The van der Waals surface area contributed by atoms with Gasteiger partial charge in [0.1, 0.15) is 5.75 Å². The summed E-state index contributed by atoms with van der Waals surface area (Å²) in [5, 5.41) is 0.778. The first-order chi connectivity index (χ1) is 10.2. The molecule has 1 atom stereocenters. The summed E-state index contributed by atoms with van der Waals surface area (Å²) >= 11 is 9.90. The standard InChI is InChI=1S/C17H17BrClNO/c18-14-8-11-5-6-21-17(11)12(9-14)7-13(10-20)15-3-1-2-4-16(15)19/h1-4,8-9,13H,5-7,10,20H2. The van der Waals surface area contributed by atoms with Crippen LogP contribution in [0.5, 0.6) is 5.75 Å². The van der Waals surface area contributed by atoms with Crippen LogP contribution in [0, 0.1) is 0 Å². The number of ether oxygens (including phenoxy) is 1. The maximum Gasteiger partial charge on any atom is 0.125 e. The minimum atomic E-state index is 0.196. The zero-order valence-corrected chi connectivity index (χ0v) is 14.0. The third-order valence-electron chi connectivity index (χ3n) is 3.92. The Hall–Kier alpha value is -1.03. The molecule has 0 saturated heterocycles. The smallest absolute Gasteiger partial charge is 0.125 e. The average molecular weight is 367 g/mol. The molecule has 21 heavy (non-hydrogen) atoms. The van der Waals surface area contributed by atoms with Crippen molar-refractivity contribution < 1.29 is 4.74 Å². The molecule has 2 N–H and O–H groups in total. The van der Waals surface area contributed by atoms with Gasteiger partial charge in [-0.05, 0) is 47.9 Å². The van der Waals surface area contributed by atoms with Crippen molar-refractivity contribution in [3.63, 3.8) is 0 Å². The van der Waals surface area contributed by atoms with E-state index in [2.05, 4.69) is 34.1 Å². The van der Waals surface area contributed by atoms with Crippen molar-refractivity contribution >= 4 is 27.5 Å². The predicted octanol–water partition coefficient (Wildman–Crippen LogP) is 4.32. The third-order valence-corrected chi connectivity index (χ3v) is 4.72. The van der Waals surface area contributed by atoms with E-state index in [1.807, 2.05) is 18.2 Å². The van der Waals surface area contributed by atoms with Crippen molar-refractivity contribution in [1.29, 1.82) is 0 Å². The van der Waals surface area contributed by atoms with Crippen LogP contribution in [0.25, 0.3) is 0 Å². The molecule has 1 aliphatic heterocycles. The summed E-state index contributed by atoms with van der Waals surface area (Å²) in [6.45, 7) is 1.32. The van der Waals surface area contributed by atoms with Gasteiger partial charge in [-0.3, -0.25) is 0 Å². The summed E-state index contributed by atoms with van der Waals surface area (Å²) in [6, 6.07) is 12.2. The zero-order chi connectivity index (χ0) is 14.8. The lowest BCUT2D eigenvalue weighted by atomic mass is 9.91. The number of rotatable bonds is 4. The van der Waals surface area contributed by atoms with Crippen molar-refractivity contribution in [2.45, 2.75) is 18.8 Å². The van der Waals surface area contributed by atoms with Gasteiger partial charge in [0.05, 0.1) is 6.61 Å². The minimum Gasteiger partial charge on any atom is -0.493 e. The van der Waals surface area contributed by atoms with Gasteiger partial charge >= 0.3 is 0 Å². The third kappa shape index (κ3) is 3.10. The molecule has 0 saturated carbocycles. The first-order valence-corrected chi connectivity index (χ1v) is 8.24. The second-order valence-corrected chi connectivity index (χ2v) is 6.63. The Balaban J connectivity index is 1.94. The van der Waals surface area contributed by atoms with Crippen molar-refractivity contribution in [3.8, 4) is 5.75 Å². The van der Waals surface area contributed by atoms with Crippen LogP contribution in [0.1, 0.15) is 22.6 Å². The number of hydrogen-bond acceptors (Lipinski definition) is 2. The zero-order valence-electron chi connectivity index (χ0n) is 11.6. The fourth-order valence-electron chi connectivity index (χ4n) is 2.89. The van der Waals surface area contributed by atoms with E-state index in [1.165, 1.54) is 11.1 Å². The van der Waals surface area contributed by atoms with Crippen molar-refractivity contribution in [1.82, 2.24) is 0 Å². The van der Waals surface area contributed by atoms with Gasteiger partial charge < -0.3 is 10.5 Å². The molecule has 1 heterocycles. The molecular weight excluding hydrogens is 350 g/mol. The summed E-state index contributed by atoms with van der Waals surface area (Å²) in [5.41, 5.74) is 9.57. The molecule has 0 fully saturated rings. The second-order valence-electron chi connectivity index (χ2n) is 5.31. The SMILES string of the molecule is NCC(Cc1cc(Br)cc2c1OCC2)c1ccccc1Cl. The van der Waals surface area contributed by atoms with Crippen molar-refractivity contribution in [2.75, 3.05) is 13.2 Å². The summed E-state index contributed by atoms with van der Waals surface area (Å²) < 4.78 is 6.90. The Morgan fingerprint density at radius 3 is 2.86 bits per heavy atom. The molecule has 1 aliphatic rings. The van der Waals surface area contributed by atoms with Crippen LogP contribution >= 0.6 is 27.5 Å². The van der Waals surface area contributed by atoms with Crippen LogP contribution in [0.4, 0.5) is 0 Å². The summed E-state index contributed by atoms with van der Waals surface area (Å²) in [6.07, 6.45) is 1.81. The Bertz CT molecular complexity index is 659. The first kappa shape index (κ1) is 14.9. The number of hydrogen-bond donors (Lipinski definition) is 1. The maximum atomic E-state index is 6.32. The summed E-state index contributed by atoms with van der Waals surface area (Å²) in [4.78, 5) is 0. The molecule has 0 bridgehead atoms. The maximum absolute atomic E-state index is 6.32. The monoisotopic (exact) mass is 365 g/mol. The lowest BCUT2D eigenvalue weighted by Gasteiger charge is -2.18. The highest BCUT2D eigenvalue weighted by Crippen LogP contribution is 2.36. The Kier molecular flexibility index (Phi) is 4.53. The normalized spacial score (nSPS) is 14.6. The molecule has 0 spiro atoms. The van der Waals surface area contributed by atoms with E-state index in [-0.39, 0.29) is 5.92 Å². The van der Waals surface area contributed by atoms with Gasteiger partial charge in [-0.15, -0.1) is 0 Å². The molecule has 2 aromatic carbocycles. The lowest BCUT2D eigenvalue weighted by Crippen LogP contribution is -2.16. The highest BCUT2D eigenvalue weighted by molar-refractivity contribution is 9.10. The molecular formula is C17H17BrClNO. The van der Waals surface area contributed by atoms with E-state index in [4.69, 9.17) is 22.1 Å². The average Bonchev–Trinajstić information content (AvgIpc) is 2.93. The predicted molar refractivity (Wildman–Crippen MR) is 90.3 cm³/mol. The van der Waals surface area contributed by atoms with Gasteiger partial charge in [-0.1, -0.05) is 45.7 Å². The molecule has 0 aromatic heterocycles. The van der Waals surface area contributed by atoms with E-state index >= 15 is 0 Å². The Morgan fingerprint density at radius 1 is 1.29 bits per heavy atom. The number of benzene rings is 2. The second kappa shape index (κ2) is 6.39. The Morgan fingerprint density at radius 2 is 2.10 bits per heavy atom. The number of nitrogens with two attached hydrogens (primary N) is 1. The van der Waals surface area contributed by atoms with Gasteiger partial charge in [0.15, 0.2) is 0 Å². The van der Waals surface area contributed by atoms with Crippen LogP contribution in [0.15, 0.2) is 40.9 Å². The van der Waals surface area contributed by atoms with Crippen molar-refractivity contribution in [3.05, 3.63) is 62.6 Å². The molecule has 1 unspecified atom stereocenters. The molecule has 0 aliphatic carbocycles. The first-order valence-electron chi connectivity index (χ1n) is 7.07. The highest BCUT2D eigenvalue weighted by Gasteiger charge is 2.21. The van der Waals surface area contributed by atoms with Crippen LogP contribution in [-0.2, 0) is 12.8 Å². The molecule has 3 rings (SSSR count). The number of halogens is 2. The van der Waals surface area contributed by atoms with E-state index in [0.29, 0.717) is 6.54 Å². The minimum absolute atomic E-state index is 0.196. The molecule has 2 aromatic rings. The van der Waals surface area contributed by atoms with Crippen LogP contribution in [-0.4, -0.2) is 13.2 Å². The molecule has 0 amide bonds. The quantitative estimate of drug-likeness (QED) is 0.874. The topological polar surface area (TPSA) is 35.2 Å².